The van der Waals surface area contributed by atoms with Crippen LogP contribution in [0.2, 0.25) is 0 Å². The van der Waals surface area contributed by atoms with Crippen molar-refractivity contribution < 1.29 is 14.1 Å². The van der Waals surface area contributed by atoms with Gasteiger partial charge >= 0.3 is 0 Å². The first-order chi connectivity index (χ1) is 12.6. The summed E-state index contributed by atoms with van der Waals surface area (Å²) >= 11 is 3.34. The SMILES string of the molecule is O=C(c1ccc(Br)cc1)c1nocc1C(=O)c1cccc2ccccc12. The van der Waals surface area contributed by atoms with Crippen molar-refractivity contribution in [2.45, 2.75) is 0 Å². The minimum Gasteiger partial charge on any atom is -0.363 e. The molecule has 0 aliphatic carbocycles. The molecule has 0 saturated heterocycles. The molecule has 0 bridgehead atoms. The molecule has 4 aromatic rings. The van der Waals surface area contributed by atoms with E-state index in [0.29, 0.717) is 11.1 Å². The number of ketones is 2. The van der Waals surface area contributed by atoms with E-state index in [1.165, 1.54) is 6.26 Å². The van der Waals surface area contributed by atoms with Crippen LogP contribution in [0.1, 0.15) is 32.0 Å². The summed E-state index contributed by atoms with van der Waals surface area (Å²) in [4.78, 5) is 25.8. The van der Waals surface area contributed by atoms with Gasteiger partial charge in [0.2, 0.25) is 5.78 Å². The molecule has 4 nitrogen and oxygen atoms in total. The average Bonchev–Trinajstić information content (AvgIpc) is 3.17. The summed E-state index contributed by atoms with van der Waals surface area (Å²) in [7, 11) is 0. The van der Waals surface area contributed by atoms with Gasteiger partial charge in [-0.15, -0.1) is 0 Å². The Morgan fingerprint density at radius 2 is 1.54 bits per heavy atom. The lowest BCUT2D eigenvalue weighted by Gasteiger charge is -2.05. The molecule has 0 amide bonds. The molecule has 0 aliphatic heterocycles. The molecule has 5 heteroatoms. The van der Waals surface area contributed by atoms with Crippen molar-refractivity contribution in [3.05, 3.63) is 99.9 Å². The Balaban J connectivity index is 1.78. The molecule has 0 radical (unpaired) electrons. The van der Waals surface area contributed by atoms with E-state index < -0.39 is 0 Å². The third-order valence-corrected chi connectivity index (χ3v) is 4.70. The molecule has 1 aromatic heterocycles. The zero-order valence-corrected chi connectivity index (χ0v) is 15.1. The Morgan fingerprint density at radius 1 is 0.808 bits per heavy atom. The summed E-state index contributed by atoms with van der Waals surface area (Å²) in [5.41, 5.74) is 1.13. The van der Waals surface area contributed by atoms with Gasteiger partial charge in [0, 0.05) is 15.6 Å². The first-order valence-corrected chi connectivity index (χ1v) is 8.71. The zero-order chi connectivity index (χ0) is 18.1. The predicted octanol–water partition coefficient (Wildman–Crippen LogP) is 5.05. The molecule has 0 atom stereocenters. The molecule has 0 unspecified atom stereocenters. The zero-order valence-electron chi connectivity index (χ0n) is 13.5. The summed E-state index contributed by atoms with van der Waals surface area (Å²) in [6.07, 6.45) is 1.23. The largest absolute Gasteiger partial charge is 0.363 e. The molecule has 0 aliphatic rings. The minimum absolute atomic E-state index is 0.0188. The Labute approximate surface area is 157 Å². The topological polar surface area (TPSA) is 60.2 Å². The van der Waals surface area contributed by atoms with E-state index in [2.05, 4.69) is 21.1 Å². The van der Waals surface area contributed by atoms with Gasteiger partial charge < -0.3 is 4.52 Å². The van der Waals surface area contributed by atoms with Gasteiger partial charge in [-0.3, -0.25) is 9.59 Å². The highest BCUT2D eigenvalue weighted by Gasteiger charge is 2.24. The minimum atomic E-state index is -0.352. The summed E-state index contributed by atoms with van der Waals surface area (Å²) in [6.45, 7) is 0. The standard InChI is InChI=1S/C21H12BrNO3/c22-15-10-8-14(9-11-15)20(24)19-18(12-26-23-19)21(25)17-7-3-5-13-4-1-2-6-16(13)17/h1-12H. The van der Waals surface area contributed by atoms with Crippen molar-refractivity contribution >= 4 is 38.3 Å². The maximum atomic E-state index is 13.1. The van der Waals surface area contributed by atoms with E-state index in [4.69, 9.17) is 4.52 Å². The summed E-state index contributed by atoms with van der Waals surface area (Å²) in [5, 5.41) is 5.56. The Hall–Kier alpha value is -3.05. The first kappa shape index (κ1) is 16.4. The number of hydrogen-bond donors (Lipinski definition) is 0. The molecular weight excluding hydrogens is 394 g/mol. The van der Waals surface area contributed by atoms with Gasteiger partial charge in [0.05, 0.1) is 5.56 Å². The Bertz CT molecular complexity index is 1120. The molecule has 4 rings (SSSR count). The van der Waals surface area contributed by atoms with Crippen molar-refractivity contribution in [1.82, 2.24) is 5.16 Å². The first-order valence-electron chi connectivity index (χ1n) is 7.92. The number of nitrogens with zero attached hydrogens (tertiary/aromatic N) is 1. The number of aromatic nitrogens is 1. The van der Waals surface area contributed by atoms with Gasteiger partial charge in [-0.2, -0.15) is 0 Å². The van der Waals surface area contributed by atoms with Gasteiger partial charge in [0.1, 0.15) is 6.26 Å². The highest BCUT2D eigenvalue weighted by Crippen LogP contribution is 2.24. The van der Waals surface area contributed by atoms with Crippen LogP contribution >= 0.6 is 15.9 Å². The summed E-state index contributed by atoms with van der Waals surface area (Å²) in [5.74, 6) is -0.640. The van der Waals surface area contributed by atoms with E-state index in [1.54, 1.807) is 30.3 Å². The molecule has 0 saturated carbocycles. The second kappa shape index (κ2) is 6.69. The number of halogens is 1. The maximum absolute atomic E-state index is 13.1. The third kappa shape index (κ3) is 2.86. The highest BCUT2D eigenvalue weighted by atomic mass is 79.9. The number of fused-ring (bicyclic) bond motifs is 1. The summed E-state index contributed by atoms with van der Waals surface area (Å²) < 4.78 is 5.83. The van der Waals surface area contributed by atoms with Crippen LogP contribution in [0.5, 0.6) is 0 Å². The monoisotopic (exact) mass is 405 g/mol. The molecule has 126 valence electrons. The van der Waals surface area contributed by atoms with E-state index in [-0.39, 0.29) is 22.8 Å². The number of hydrogen-bond acceptors (Lipinski definition) is 4. The van der Waals surface area contributed by atoms with Crippen molar-refractivity contribution in [2.24, 2.45) is 0 Å². The quantitative estimate of drug-likeness (QED) is 0.445. The van der Waals surface area contributed by atoms with E-state index >= 15 is 0 Å². The number of carbonyl (C=O) groups excluding carboxylic acids is 2. The van der Waals surface area contributed by atoms with Gasteiger partial charge in [-0.25, -0.2) is 0 Å². The van der Waals surface area contributed by atoms with E-state index in [1.807, 2.05) is 36.4 Å². The van der Waals surface area contributed by atoms with Crippen LogP contribution in [0.3, 0.4) is 0 Å². The number of rotatable bonds is 4. The second-order valence-electron chi connectivity index (χ2n) is 5.77. The van der Waals surface area contributed by atoms with Crippen LogP contribution in [-0.4, -0.2) is 16.7 Å². The lowest BCUT2D eigenvalue weighted by Crippen LogP contribution is -2.10. The van der Waals surface area contributed by atoms with Crippen molar-refractivity contribution in [3.8, 4) is 0 Å². The van der Waals surface area contributed by atoms with Crippen LogP contribution in [-0.2, 0) is 0 Å². The van der Waals surface area contributed by atoms with Gasteiger partial charge in [-0.05, 0) is 35.0 Å². The molecule has 1 heterocycles. The average molecular weight is 406 g/mol. The lowest BCUT2D eigenvalue weighted by atomic mass is 9.95. The molecule has 0 fully saturated rings. The number of benzene rings is 3. The summed E-state index contributed by atoms with van der Waals surface area (Å²) in [6, 6.07) is 20.0. The normalized spacial score (nSPS) is 10.8. The third-order valence-electron chi connectivity index (χ3n) is 4.17. The van der Waals surface area contributed by atoms with Crippen LogP contribution in [0.4, 0.5) is 0 Å². The lowest BCUT2D eigenvalue weighted by molar-refractivity contribution is 0.100. The maximum Gasteiger partial charge on any atom is 0.215 e. The van der Waals surface area contributed by atoms with Gasteiger partial charge in [0.25, 0.3) is 0 Å². The molecule has 3 aromatic carbocycles. The highest BCUT2D eigenvalue weighted by molar-refractivity contribution is 9.10. The molecule has 0 spiro atoms. The van der Waals surface area contributed by atoms with Crippen LogP contribution in [0.15, 0.2) is 82.0 Å². The van der Waals surface area contributed by atoms with Crippen LogP contribution in [0, 0.1) is 0 Å². The van der Waals surface area contributed by atoms with Crippen LogP contribution in [0.25, 0.3) is 10.8 Å². The van der Waals surface area contributed by atoms with E-state index in [9.17, 15) is 9.59 Å². The van der Waals surface area contributed by atoms with Gasteiger partial charge in [0.15, 0.2) is 11.5 Å². The van der Waals surface area contributed by atoms with E-state index in [0.717, 1.165) is 15.2 Å². The second-order valence-corrected chi connectivity index (χ2v) is 6.68. The smallest absolute Gasteiger partial charge is 0.215 e. The Morgan fingerprint density at radius 3 is 2.35 bits per heavy atom. The fourth-order valence-corrected chi connectivity index (χ4v) is 3.13. The fourth-order valence-electron chi connectivity index (χ4n) is 2.87. The predicted molar refractivity (Wildman–Crippen MR) is 101 cm³/mol. The molecule has 0 N–H and O–H groups in total. The van der Waals surface area contributed by atoms with Crippen molar-refractivity contribution in [1.29, 1.82) is 0 Å². The van der Waals surface area contributed by atoms with Gasteiger partial charge in [-0.1, -0.05) is 63.6 Å². The molecule has 26 heavy (non-hydrogen) atoms. The Kier molecular flexibility index (Phi) is 4.22. The molecular formula is C21H12BrNO3. The fraction of sp³-hybridized carbons (Fsp3) is 0. The van der Waals surface area contributed by atoms with Crippen molar-refractivity contribution in [2.75, 3.05) is 0 Å². The number of carbonyl (C=O) groups is 2. The van der Waals surface area contributed by atoms with Crippen molar-refractivity contribution in [3.63, 3.8) is 0 Å². The van der Waals surface area contributed by atoms with Crippen LogP contribution < -0.4 is 0 Å².